The van der Waals surface area contributed by atoms with Crippen molar-refractivity contribution in [2.75, 3.05) is 7.11 Å². The molecule has 1 rings (SSSR count). The summed E-state index contributed by atoms with van der Waals surface area (Å²) in [6.45, 7) is 4.41. The maximum absolute atomic E-state index is 12.3. The molecule has 0 aliphatic carbocycles. The number of nitrogens with zero attached hydrogens (tertiary/aromatic N) is 1. The lowest BCUT2D eigenvalue weighted by Crippen LogP contribution is -2.42. The summed E-state index contributed by atoms with van der Waals surface area (Å²) < 4.78 is 31.4. The van der Waals surface area contributed by atoms with E-state index in [-0.39, 0.29) is 16.0 Å². The molecule has 20 heavy (non-hydrogen) atoms. The van der Waals surface area contributed by atoms with Gasteiger partial charge in [0.25, 0.3) is 0 Å². The quantitative estimate of drug-likeness (QED) is 0.846. The van der Waals surface area contributed by atoms with Crippen molar-refractivity contribution in [1.82, 2.24) is 4.72 Å². The Hall–Kier alpha value is -1.91. The molecule has 0 saturated heterocycles. The molecule has 1 aromatic carbocycles. The van der Waals surface area contributed by atoms with Crippen LogP contribution in [0, 0.1) is 18.3 Å². The number of hydrogen-bond acceptors (Lipinski definition) is 5. The van der Waals surface area contributed by atoms with Crippen LogP contribution in [0.25, 0.3) is 0 Å². The molecule has 0 amide bonds. The average Bonchev–Trinajstić information content (AvgIpc) is 2.36. The van der Waals surface area contributed by atoms with E-state index in [1.807, 2.05) is 6.07 Å². The highest BCUT2D eigenvalue weighted by Crippen LogP contribution is 2.21. The van der Waals surface area contributed by atoms with Crippen LogP contribution in [0.1, 0.15) is 29.8 Å². The number of hydrogen-bond donors (Lipinski definition) is 1. The molecule has 0 atom stereocenters. The number of methoxy groups -OCH3 is 1. The Bertz CT molecular complexity index is 672. The van der Waals surface area contributed by atoms with Crippen LogP contribution in [0.15, 0.2) is 23.1 Å². The van der Waals surface area contributed by atoms with Crippen LogP contribution >= 0.6 is 0 Å². The highest BCUT2D eigenvalue weighted by Gasteiger charge is 2.28. The third-order valence-electron chi connectivity index (χ3n) is 2.65. The number of carbonyl (C=O) groups excluding carboxylic acids is 1. The van der Waals surface area contributed by atoms with Gasteiger partial charge in [-0.1, -0.05) is 6.07 Å². The zero-order chi connectivity index (χ0) is 15.6. The Kier molecular flexibility index (Phi) is 4.53. The standard InChI is InChI=1S/C13H16N2O4S/c1-9-10(12(16)19-4)6-5-7-11(9)20(17,18)15-13(2,3)8-14/h5-7,15H,1-4H3. The van der Waals surface area contributed by atoms with Crippen molar-refractivity contribution < 1.29 is 17.9 Å². The van der Waals surface area contributed by atoms with E-state index in [1.54, 1.807) is 0 Å². The minimum atomic E-state index is -3.91. The lowest BCUT2D eigenvalue weighted by molar-refractivity contribution is 0.0599. The van der Waals surface area contributed by atoms with E-state index in [2.05, 4.69) is 9.46 Å². The highest BCUT2D eigenvalue weighted by atomic mass is 32.2. The second kappa shape index (κ2) is 5.61. The number of ether oxygens (including phenoxy) is 1. The third-order valence-corrected chi connectivity index (χ3v) is 4.45. The van der Waals surface area contributed by atoms with E-state index in [0.29, 0.717) is 0 Å². The zero-order valence-electron chi connectivity index (χ0n) is 11.7. The number of benzene rings is 1. The van der Waals surface area contributed by atoms with Gasteiger partial charge in [0.15, 0.2) is 0 Å². The largest absolute Gasteiger partial charge is 0.465 e. The van der Waals surface area contributed by atoms with E-state index < -0.39 is 21.5 Å². The number of sulfonamides is 1. The van der Waals surface area contributed by atoms with E-state index in [0.717, 1.165) is 0 Å². The van der Waals surface area contributed by atoms with Crippen LogP contribution < -0.4 is 4.72 Å². The van der Waals surface area contributed by atoms with Gasteiger partial charge in [0.05, 0.1) is 23.6 Å². The predicted octanol–water partition coefficient (Wildman–Crippen LogP) is 1.36. The molecule has 1 aromatic rings. The molecule has 108 valence electrons. The molecule has 6 nitrogen and oxygen atoms in total. The molecular formula is C13H16N2O4S. The monoisotopic (exact) mass is 296 g/mol. The first-order valence-electron chi connectivity index (χ1n) is 5.78. The second-order valence-electron chi connectivity index (χ2n) is 4.76. The number of carbonyl (C=O) groups is 1. The van der Waals surface area contributed by atoms with Crippen molar-refractivity contribution in [3.05, 3.63) is 29.3 Å². The Labute approximate surface area is 118 Å². The van der Waals surface area contributed by atoms with Gasteiger partial charge in [0.1, 0.15) is 5.54 Å². The van der Waals surface area contributed by atoms with Crippen LogP contribution in [0.3, 0.4) is 0 Å². The van der Waals surface area contributed by atoms with Gasteiger partial charge < -0.3 is 4.74 Å². The van der Waals surface area contributed by atoms with Crippen LogP contribution in [-0.2, 0) is 14.8 Å². The van der Waals surface area contributed by atoms with Crippen molar-refractivity contribution >= 4 is 16.0 Å². The first-order valence-corrected chi connectivity index (χ1v) is 7.26. The molecule has 0 unspecified atom stereocenters. The van der Waals surface area contributed by atoms with Crippen LogP contribution in [-0.4, -0.2) is 27.0 Å². The van der Waals surface area contributed by atoms with Crippen LogP contribution in [0.4, 0.5) is 0 Å². The fourth-order valence-electron chi connectivity index (χ4n) is 1.65. The summed E-state index contributed by atoms with van der Waals surface area (Å²) in [7, 11) is -2.68. The molecule has 0 aromatic heterocycles. The van der Waals surface area contributed by atoms with Crippen molar-refractivity contribution in [3.63, 3.8) is 0 Å². The fraction of sp³-hybridized carbons (Fsp3) is 0.385. The summed E-state index contributed by atoms with van der Waals surface area (Å²) in [6.07, 6.45) is 0. The van der Waals surface area contributed by atoms with Crippen molar-refractivity contribution in [1.29, 1.82) is 5.26 Å². The number of nitrogens with one attached hydrogen (secondary N) is 1. The minimum absolute atomic E-state index is 0.0521. The van der Waals surface area contributed by atoms with Gasteiger partial charge in [-0.05, 0) is 38.5 Å². The van der Waals surface area contributed by atoms with Gasteiger partial charge in [0.2, 0.25) is 10.0 Å². The average molecular weight is 296 g/mol. The molecule has 0 radical (unpaired) electrons. The topological polar surface area (TPSA) is 96.3 Å². The van der Waals surface area contributed by atoms with E-state index in [1.165, 1.54) is 46.1 Å². The maximum Gasteiger partial charge on any atom is 0.338 e. The lowest BCUT2D eigenvalue weighted by atomic mass is 10.1. The molecule has 1 N–H and O–H groups in total. The van der Waals surface area contributed by atoms with Crippen molar-refractivity contribution in [2.24, 2.45) is 0 Å². The molecule has 0 heterocycles. The van der Waals surface area contributed by atoms with Gasteiger partial charge in [-0.25, -0.2) is 13.2 Å². The molecule has 0 aliphatic rings. The normalized spacial score (nSPS) is 11.8. The summed E-state index contributed by atoms with van der Waals surface area (Å²) in [4.78, 5) is 11.5. The number of esters is 1. The van der Waals surface area contributed by atoms with Gasteiger partial charge in [-0.3, -0.25) is 0 Å². The summed E-state index contributed by atoms with van der Waals surface area (Å²) in [5.41, 5.74) is -0.794. The third kappa shape index (κ3) is 3.35. The summed E-state index contributed by atoms with van der Waals surface area (Å²) in [5, 5.41) is 8.90. The molecule has 0 fully saturated rings. The summed E-state index contributed by atoms with van der Waals surface area (Å²) in [5.74, 6) is -0.612. The van der Waals surface area contributed by atoms with Crippen molar-refractivity contribution in [3.8, 4) is 6.07 Å². The zero-order valence-corrected chi connectivity index (χ0v) is 12.5. The first kappa shape index (κ1) is 16.1. The summed E-state index contributed by atoms with van der Waals surface area (Å²) in [6, 6.07) is 6.16. The van der Waals surface area contributed by atoms with Gasteiger partial charge in [-0.15, -0.1) is 0 Å². The molecule has 0 bridgehead atoms. The van der Waals surface area contributed by atoms with Crippen LogP contribution in [0.5, 0.6) is 0 Å². The van der Waals surface area contributed by atoms with Gasteiger partial charge in [-0.2, -0.15) is 9.98 Å². The van der Waals surface area contributed by atoms with E-state index in [9.17, 15) is 13.2 Å². The van der Waals surface area contributed by atoms with Crippen molar-refractivity contribution in [2.45, 2.75) is 31.2 Å². The van der Waals surface area contributed by atoms with E-state index >= 15 is 0 Å². The Balaban J connectivity index is 3.35. The molecule has 0 aliphatic heterocycles. The van der Waals surface area contributed by atoms with Gasteiger partial charge >= 0.3 is 5.97 Å². The smallest absolute Gasteiger partial charge is 0.338 e. The maximum atomic E-state index is 12.3. The summed E-state index contributed by atoms with van der Waals surface area (Å²) >= 11 is 0. The second-order valence-corrected chi connectivity index (χ2v) is 6.41. The Morgan fingerprint density at radius 2 is 2.00 bits per heavy atom. The molecule has 0 saturated carbocycles. The molecular weight excluding hydrogens is 280 g/mol. The fourth-order valence-corrected chi connectivity index (χ4v) is 3.25. The first-order chi connectivity index (χ1) is 9.14. The van der Waals surface area contributed by atoms with Gasteiger partial charge in [0, 0.05) is 0 Å². The predicted molar refractivity (Wildman–Crippen MR) is 72.5 cm³/mol. The minimum Gasteiger partial charge on any atom is -0.465 e. The van der Waals surface area contributed by atoms with E-state index in [4.69, 9.17) is 5.26 Å². The molecule has 7 heteroatoms. The number of rotatable bonds is 4. The highest BCUT2D eigenvalue weighted by molar-refractivity contribution is 7.89. The molecule has 0 spiro atoms. The Morgan fingerprint density at radius 3 is 2.50 bits per heavy atom. The Morgan fingerprint density at radius 1 is 1.40 bits per heavy atom. The van der Waals surface area contributed by atoms with Crippen LogP contribution in [0.2, 0.25) is 0 Å². The SMILES string of the molecule is COC(=O)c1cccc(S(=O)(=O)NC(C)(C)C#N)c1C. The lowest BCUT2D eigenvalue weighted by Gasteiger charge is -2.19. The number of nitriles is 1.